The summed E-state index contributed by atoms with van der Waals surface area (Å²) in [5.41, 5.74) is 5.54. The van der Waals surface area contributed by atoms with Crippen LogP contribution in [0, 0.1) is 6.92 Å². The molecule has 0 amide bonds. The van der Waals surface area contributed by atoms with Crippen LogP contribution in [0.2, 0.25) is 0 Å². The quantitative estimate of drug-likeness (QED) is 0.361. The molecule has 2 saturated heterocycles. The zero-order valence-corrected chi connectivity index (χ0v) is 23.9. The molecule has 0 bridgehead atoms. The predicted molar refractivity (Wildman–Crippen MR) is 153 cm³/mol. The Morgan fingerprint density at radius 2 is 2.10 bits per heavy atom. The number of aromatic nitrogens is 1. The number of hydrogen-bond donors (Lipinski definition) is 2. The van der Waals surface area contributed by atoms with Crippen LogP contribution in [0.4, 0.5) is 5.82 Å². The normalized spacial score (nSPS) is 23.7. The van der Waals surface area contributed by atoms with Gasteiger partial charge < -0.3 is 19.9 Å². The molecular weight excluding hydrogens is 490 g/mol. The number of ether oxygens (including phenoxy) is 2. The van der Waals surface area contributed by atoms with Gasteiger partial charge in [-0.3, -0.25) is 9.69 Å². The summed E-state index contributed by atoms with van der Waals surface area (Å²) in [6.07, 6.45) is 9.20. The van der Waals surface area contributed by atoms with Crippen LogP contribution in [0.25, 0.3) is 0 Å². The fourth-order valence-corrected chi connectivity index (χ4v) is 6.29. The van der Waals surface area contributed by atoms with Gasteiger partial charge in [0.15, 0.2) is 0 Å². The summed E-state index contributed by atoms with van der Waals surface area (Å²) < 4.78 is 12.3. The third-order valence-electron chi connectivity index (χ3n) is 8.53. The highest BCUT2D eigenvalue weighted by Gasteiger charge is 2.36. The van der Waals surface area contributed by atoms with Crippen LogP contribution in [0.1, 0.15) is 98.9 Å². The fraction of sp³-hybridized carbons (Fsp3) is 0.625. The van der Waals surface area contributed by atoms with Crippen LogP contribution in [-0.4, -0.2) is 58.9 Å². The molecule has 7 heteroatoms. The number of hydrogen-bond acceptors (Lipinski definition) is 6. The molecule has 2 aromatic rings. The molecular formula is C32H45N3O4. The number of fused-ring (bicyclic) bond motifs is 1. The van der Waals surface area contributed by atoms with E-state index in [1.165, 1.54) is 5.56 Å². The largest absolute Gasteiger partial charge is 0.480 e. The number of anilines is 1. The summed E-state index contributed by atoms with van der Waals surface area (Å²) in [5.74, 6) is 0.250. The summed E-state index contributed by atoms with van der Waals surface area (Å²) in [6.45, 7) is 9.29. The lowest BCUT2D eigenvalue weighted by atomic mass is 9.91. The van der Waals surface area contributed by atoms with Crippen LogP contribution in [-0.2, 0) is 27.1 Å². The molecule has 0 aliphatic carbocycles. The molecule has 3 aliphatic heterocycles. The molecule has 1 aromatic carbocycles. The van der Waals surface area contributed by atoms with E-state index in [0.717, 1.165) is 99.1 Å². The molecule has 3 atom stereocenters. The predicted octanol–water partition coefficient (Wildman–Crippen LogP) is 6.01. The summed E-state index contributed by atoms with van der Waals surface area (Å²) in [7, 11) is 0. The van der Waals surface area contributed by atoms with Gasteiger partial charge in [0.05, 0.1) is 12.2 Å². The van der Waals surface area contributed by atoms with Crippen molar-refractivity contribution in [3.05, 3.63) is 58.3 Å². The number of benzene rings is 1. The van der Waals surface area contributed by atoms with Crippen molar-refractivity contribution in [1.29, 1.82) is 0 Å². The number of carbonyl (C=O) groups is 1. The monoisotopic (exact) mass is 535 g/mol. The van der Waals surface area contributed by atoms with E-state index in [1.54, 1.807) is 0 Å². The molecule has 1 unspecified atom stereocenters. The summed E-state index contributed by atoms with van der Waals surface area (Å²) in [6, 6.07) is 9.91. The molecule has 5 rings (SSSR count). The van der Waals surface area contributed by atoms with Crippen molar-refractivity contribution >= 4 is 11.8 Å². The van der Waals surface area contributed by atoms with Crippen molar-refractivity contribution in [3.8, 4) is 0 Å². The number of nitrogens with one attached hydrogen (secondary N) is 1. The molecule has 212 valence electrons. The maximum absolute atomic E-state index is 12.6. The highest BCUT2D eigenvalue weighted by molar-refractivity contribution is 5.76. The number of unbranched alkanes of at least 4 members (excludes halogenated alkanes) is 1. The average molecular weight is 536 g/mol. The molecule has 0 radical (unpaired) electrons. The van der Waals surface area contributed by atoms with Gasteiger partial charge in [-0.2, -0.15) is 0 Å². The van der Waals surface area contributed by atoms with Crippen molar-refractivity contribution in [3.63, 3.8) is 0 Å². The average Bonchev–Trinajstić information content (AvgIpc) is 3.36. The molecule has 0 spiro atoms. The zero-order valence-electron chi connectivity index (χ0n) is 23.9. The number of aryl methyl sites for hydroxylation is 3. The fourth-order valence-electron chi connectivity index (χ4n) is 6.29. The number of likely N-dealkylation sites (tertiary alicyclic amines) is 1. The second-order valence-corrected chi connectivity index (χ2v) is 12.3. The van der Waals surface area contributed by atoms with Gasteiger partial charge in [-0.25, -0.2) is 4.98 Å². The Morgan fingerprint density at radius 3 is 2.90 bits per heavy atom. The Morgan fingerprint density at radius 1 is 1.23 bits per heavy atom. The number of aliphatic carboxylic acids is 1. The molecule has 7 nitrogen and oxygen atoms in total. The first-order valence-corrected chi connectivity index (χ1v) is 14.9. The van der Waals surface area contributed by atoms with E-state index in [2.05, 4.69) is 48.3 Å². The van der Waals surface area contributed by atoms with Gasteiger partial charge in [0.25, 0.3) is 0 Å². The topological polar surface area (TPSA) is 83.9 Å². The summed E-state index contributed by atoms with van der Waals surface area (Å²) in [4.78, 5) is 19.5. The summed E-state index contributed by atoms with van der Waals surface area (Å²) in [5, 5.41) is 13.9. The smallest absolute Gasteiger partial charge is 0.325 e. The first kappa shape index (κ1) is 28.1. The lowest BCUT2D eigenvalue weighted by molar-refractivity contribution is -0.143. The molecule has 39 heavy (non-hydrogen) atoms. The SMILES string of the molecule is Cc1ccc([C@@H]2CCCCO2)c(C(C(=O)O)N2CC[C@@H](OCCCCc3ccc4c(n3)NC(C)(C)CC4)C2)c1. The first-order chi connectivity index (χ1) is 18.8. The van der Waals surface area contributed by atoms with E-state index >= 15 is 0 Å². The minimum absolute atomic E-state index is 0.0160. The van der Waals surface area contributed by atoms with E-state index in [1.807, 2.05) is 13.0 Å². The van der Waals surface area contributed by atoms with E-state index in [0.29, 0.717) is 13.2 Å². The molecule has 2 fully saturated rings. The number of carboxylic acids is 1. The molecule has 2 N–H and O–H groups in total. The Hall–Kier alpha value is -2.48. The van der Waals surface area contributed by atoms with E-state index in [4.69, 9.17) is 14.5 Å². The molecule has 4 heterocycles. The van der Waals surface area contributed by atoms with Crippen LogP contribution in [0.15, 0.2) is 30.3 Å². The van der Waals surface area contributed by atoms with Gasteiger partial charge >= 0.3 is 5.97 Å². The van der Waals surface area contributed by atoms with Crippen molar-refractivity contribution in [1.82, 2.24) is 9.88 Å². The van der Waals surface area contributed by atoms with Crippen LogP contribution in [0.3, 0.4) is 0 Å². The van der Waals surface area contributed by atoms with Gasteiger partial charge in [0.2, 0.25) is 0 Å². The van der Waals surface area contributed by atoms with Crippen molar-refractivity contribution in [2.75, 3.05) is 31.6 Å². The first-order valence-electron chi connectivity index (χ1n) is 14.9. The third-order valence-corrected chi connectivity index (χ3v) is 8.53. The zero-order chi connectivity index (χ0) is 27.4. The number of pyridine rings is 1. The standard InChI is InChI=1S/C32H45N3O4/c1-22-10-13-26(28-9-5-7-19-39-28)27(20-22)29(31(36)37)35-17-15-25(21-35)38-18-6-4-8-24-12-11-23-14-16-32(2,3)34-30(23)33-24/h10-13,20,25,28-29H,4-9,14-19,21H2,1-3H3,(H,33,34)(H,36,37)/t25-,28+,29?/m1/s1. The molecule has 0 saturated carbocycles. The summed E-state index contributed by atoms with van der Waals surface area (Å²) >= 11 is 0. The van der Waals surface area contributed by atoms with Crippen LogP contribution in [0.5, 0.6) is 0 Å². The Kier molecular flexibility index (Phi) is 8.89. The van der Waals surface area contributed by atoms with Crippen molar-refractivity contribution in [2.24, 2.45) is 0 Å². The number of carboxylic acid groups (broad SMARTS) is 1. The van der Waals surface area contributed by atoms with Gasteiger partial charge in [-0.1, -0.05) is 29.8 Å². The number of nitrogens with zero attached hydrogens (tertiary/aromatic N) is 2. The maximum atomic E-state index is 12.6. The third kappa shape index (κ3) is 7.00. The Balaban J connectivity index is 1.12. The second-order valence-electron chi connectivity index (χ2n) is 12.3. The minimum atomic E-state index is -0.797. The van der Waals surface area contributed by atoms with Crippen LogP contribution < -0.4 is 5.32 Å². The lowest BCUT2D eigenvalue weighted by Gasteiger charge is -2.33. The lowest BCUT2D eigenvalue weighted by Crippen LogP contribution is -2.35. The van der Waals surface area contributed by atoms with Gasteiger partial charge in [-0.15, -0.1) is 0 Å². The Labute approximate surface area is 233 Å². The molecule has 3 aliphatic rings. The molecule has 1 aromatic heterocycles. The Bertz CT molecular complexity index is 1140. The van der Waals surface area contributed by atoms with Gasteiger partial charge in [0, 0.05) is 37.5 Å². The van der Waals surface area contributed by atoms with E-state index < -0.39 is 12.0 Å². The highest BCUT2D eigenvalue weighted by atomic mass is 16.5. The second kappa shape index (κ2) is 12.4. The highest BCUT2D eigenvalue weighted by Crippen LogP contribution is 2.37. The van der Waals surface area contributed by atoms with Gasteiger partial charge in [0.1, 0.15) is 11.9 Å². The van der Waals surface area contributed by atoms with Gasteiger partial charge in [-0.05, 0) is 101 Å². The minimum Gasteiger partial charge on any atom is -0.480 e. The number of rotatable bonds is 10. The van der Waals surface area contributed by atoms with Crippen molar-refractivity contribution in [2.45, 2.75) is 102 Å². The van der Waals surface area contributed by atoms with Crippen molar-refractivity contribution < 1.29 is 19.4 Å². The van der Waals surface area contributed by atoms with Crippen LogP contribution >= 0.6 is 0 Å². The maximum Gasteiger partial charge on any atom is 0.325 e. The van der Waals surface area contributed by atoms with E-state index in [-0.39, 0.29) is 17.7 Å². The van der Waals surface area contributed by atoms with E-state index in [9.17, 15) is 9.90 Å².